The zero-order valence-corrected chi connectivity index (χ0v) is 15.8. The Kier molecular flexibility index (Phi) is 3.08. The number of halogens is 1. The third-order valence-electron chi connectivity index (χ3n) is 4.23. The zero-order valence-electron chi connectivity index (χ0n) is 12.1. The largest absolute Gasteiger partial charge is 0.288 e. The van der Waals surface area contributed by atoms with Crippen LogP contribution < -0.4 is 5.46 Å². The fourth-order valence-corrected chi connectivity index (χ4v) is 6.33. The van der Waals surface area contributed by atoms with Crippen LogP contribution in [0, 0.1) is 3.57 Å². The van der Waals surface area contributed by atoms with E-state index in [1.807, 2.05) is 30.3 Å². The van der Waals surface area contributed by atoms with Crippen molar-refractivity contribution < 1.29 is 9.59 Å². The monoisotopic (exact) mass is 456 g/mol. The number of carbonyl (C=O) groups excluding carboxylic acids is 2. The number of fused-ring (bicyclic) bond motifs is 6. The summed E-state index contributed by atoms with van der Waals surface area (Å²) < 4.78 is 2.96. The molecule has 4 aromatic rings. The van der Waals surface area contributed by atoms with Crippen molar-refractivity contribution in [3.05, 3.63) is 60.8 Å². The van der Waals surface area contributed by atoms with Gasteiger partial charge in [-0.2, -0.15) is 0 Å². The van der Waals surface area contributed by atoms with E-state index in [4.69, 9.17) is 7.85 Å². The van der Waals surface area contributed by atoms with E-state index in [2.05, 4.69) is 22.6 Å². The Morgan fingerprint density at radius 1 is 0.792 bits per heavy atom. The Morgan fingerprint density at radius 2 is 1.38 bits per heavy atom. The first-order valence-electron chi connectivity index (χ1n) is 7.18. The van der Waals surface area contributed by atoms with E-state index in [-0.39, 0.29) is 11.6 Å². The van der Waals surface area contributed by atoms with E-state index in [0.717, 1.165) is 23.7 Å². The number of ketones is 2. The molecule has 2 radical (unpaired) electrons. The van der Waals surface area contributed by atoms with Gasteiger partial charge < -0.3 is 0 Å². The van der Waals surface area contributed by atoms with Crippen molar-refractivity contribution in [2.75, 3.05) is 0 Å². The van der Waals surface area contributed by atoms with E-state index < -0.39 is 0 Å². The molecular weight excluding hydrogens is 450 g/mol. The highest BCUT2D eigenvalue weighted by molar-refractivity contribution is 14.1. The predicted molar refractivity (Wildman–Crippen MR) is 109 cm³/mol. The Morgan fingerprint density at radius 3 is 2.04 bits per heavy atom. The summed E-state index contributed by atoms with van der Waals surface area (Å²) in [4.78, 5) is 27.3. The Balaban J connectivity index is 1.88. The lowest BCUT2D eigenvalue weighted by Gasteiger charge is -2.10. The molecule has 0 unspecified atom stereocenters. The van der Waals surface area contributed by atoms with Crippen molar-refractivity contribution in [2.45, 2.75) is 0 Å². The highest BCUT2D eigenvalue weighted by Gasteiger charge is 2.36. The second kappa shape index (κ2) is 5.00. The van der Waals surface area contributed by atoms with Gasteiger partial charge in [0.25, 0.3) is 0 Å². The molecule has 2 aromatic carbocycles. The number of hydrogen-bond acceptors (Lipinski definition) is 4. The molecule has 1 aliphatic carbocycles. The van der Waals surface area contributed by atoms with Crippen LogP contribution >= 0.6 is 45.3 Å². The van der Waals surface area contributed by atoms with Gasteiger partial charge in [0.05, 0.1) is 20.9 Å². The van der Waals surface area contributed by atoms with Crippen LogP contribution in [0.1, 0.15) is 30.5 Å². The van der Waals surface area contributed by atoms with Gasteiger partial charge in [-0.05, 0) is 34.7 Å². The summed E-state index contributed by atoms with van der Waals surface area (Å²) in [6.45, 7) is 0. The van der Waals surface area contributed by atoms with Crippen LogP contribution in [0.4, 0.5) is 0 Å². The molecule has 1 aliphatic rings. The van der Waals surface area contributed by atoms with Crippen LogP contribution in [0.2, 0.25) is 0 Å². The first kappa shape index (κ1) is 14.8. The lowest BCUT2D eigenvalue weighted by Crippen LogP contribution is -2.16. The van der Waals surface area contributed by atoms with Crippen LogP contribution in [0.25, 0.3) is 20.2 Å². The van der Waals surface area contributed by atoms with Crippen LogP contribution in [-0.2, 0) is 0 Å². The van der Waals surface area contributed by atoms with Crippen LogP contribution in [0.3, 0.4) is 0 Å². The van der Waals surface area contributed by atoms with E-state index in [1.54, 1.807) is 6.07 Å². The number of rotatable bonds is 0. The highest BCUT2D eigenvalue weighted by atomic mass is 127. The topological polar surface area (TPSA) is 34.1 Å². The molecule has 112 valence electrons. The average Bonchev–Trinajstić information content (AvgIpc) is 3.10. The second-order valence-electron chi connectivity index (χ2n) is 5.67. The van der Waals surface area contributed by atoms with Crippen LogP contribution in [0.15, 0.2) is 36.4 Å². The van der Waals surface area contributed by atoms with Crippen molar-refractivity contribution in [3.63, 3.8) is 0 Å². The third kappa shape index (κ3) is 1.87. The normalized spacial score (nSPS) is 13.5. The Labute approximate surface area is 160 Å². The maximum absolute atomic E-state index is 13.2. The Bertz CT molecular complexity index is 1130. The lowest BCUT2D eigenvalue weighted by atomic mass is 9.89. The Hall–Kier alpha value is -1.51. The maximum atomic E-state index is 13.2. The van der Waals surface area contributed by atoms with E-state index in [0.29, 0.717) is 26.3 Å². The van der Waals surface area contributed by atoms with Gasteiger partial charge in [0.1, 0.15) is 7.85 Å². The maximum Gasteiger partial charge on any atom is 0.214 e. The van der Waals surface area contributed by atoms with Gasteiger partial charge in [0.15, 0.2) is 5.78 Å². The summed E-state index contributed by atoms with van der Waals surface area (Å²) in [6.07, 6.45) is 0. The molecule has 0 N–H and O–H groups in total. The predicted octanol–water partition coefficient (Wildman–Crippen LogP) is 4.29. The summed E-state index contributed by atoms with van der Waals surface area (Å²) in [5.74, 6) is -0.0985. The molecule has 5 rings (SSSR count). The standard InChI is InChI=1S/C18H6BIO2S2/c19-7-1-3-9-11(5-7)23-17-13(9)15(21)14-10-4-2-8(20)6-12(10)24-18(14)16(17)22/h1-6H. The fraction of sp³-hybridized carbons (Fsp3) is 0. The van der Waals surface area contributed by atoms with Crippen molar-refractivity contribution in [2.24, 2.45) is 0 Å². The summed E-state index contributed by atoms with van der Waals surface area (Å²) in [6, 6.07) is 11.4. The minimum absolute atomic E-state index is 0.0458. The van der Waals surface area contributed by atoms with Gasteiger partial charge in [-0.25, -0.2) is 0 Å². The third-order valence-corrected chi connectivity index (χ3v) is 7.21. The molecule has 0 amide bonds. The van der Waals surface area contributed by atoms with Crippen molar-refractivity contribution in [3.8, 4) is 0 Å². The summed E-state index contributed by atoms with van der Waals surface area (Å²) in [5, 5.41) is 1.69. The van der Waals surface area contributed by atoms with Gasteiger partial charge in [0, 0.05) is 23.7 Å². The van der Waals surface area contributed by atoms with Crippen molar-refractivity contribution >= 4 is 90.3 Å². The number of hydrogen-bond donors (Lipinski definition) is 0. The van der Waals surface area contributed by atoms with E-state index in [1.165, 1.54) is 22.7 Å². The molecule has 0 atom stereocenters. The molecular formula is C18H6BIO2S2. The van der Waals surface area contributed by atoms with Crippen molar-refractivity contribution in [1.82, 2.24) is 0 Å². The molecule has 2 nitrogen and oxygen atoms in total. The zero-order chi connectivity index (χ0) is 16.6. The summed E-state index contributed by atoms with van der Waals surface area (Å²) in [5.41, 5.74) is 1.72. The minimum Gasteiger partial charge on any atom is -0.288 e. The van der Waals surface area contributed by atoms with E-state index >= 15 is 0 Å². The molecule has 0 bridgehead atoms. The summed E-state index contributed by atoms with van der Waals surface area (Å²) in [7, 11) is 5.84. The molecule has 0 aliphatic heterocycles. The SMILES string of the molecule is [B]c1ccc2c3c(sc2c1)C(=O)c1sc2cc(I)ccc2c1C3=O. The van der Waals surface area contributed by atoms with Gasteiger partial charge in [-0.1, -0.05) is 29.7 Å². The number of benzene rings is 2. The molecule has 0 saturated heterocycles. The van der Waals surface area contributed by atoms with Crippen LogP contribution in [0.5, 0.6) is 0 Å². The first-order valence-corrected chi connectivity index (χ1v) is 9.89. The quantitative estimate of drug-likeness (QED) is 0.258. The van der Waals surface area contributed by atoms with Crippen molar-refractivity contribution in [1.29, 1.82) is 0 Å². The molecule has 24 heavy (non-hydrogen) atoms. The van der Waals surface area contributed by atoms with Crippen LogP contribution in [-0.4, -0.2) is 19.4 Å². The van der Waals surface area contributed by atoms with Gasteiger partial charge in [-0.15, -0.1) is 22.7 Å². The molecule has 6 heteroatoms. The van der Waals surface area contributed by atoms with Gasteiger partial charge in [0.2, 0.25) is 5.78 Å². The second-order valence-corrected chi connectivity index (χ2v) is 9.02. The number of thiophene rings is 2. The molecule has 0 saturated carbocycles. The summed E-state index contributed by atoms with van der Waals surface area (Å²) >= 11 is 5.01. The highest BCUT2D eigenvalue weighted by Crippen LogP contribution is 2.43. The number of carbonyl (C=O) groups is 2. The smallest absolute Gasteiger partial charge is 0.214 e. The lowest BCUT2D eigenvalue weighted by molar-refractivity contribution is 0.0988. The van der Waals surface area contributed by atoms with Gasteiger partial charge in [-0.3, -0.25) is 9.59 Å². The fourth-order valence-electron chi connectivity index (χ4n) is 3.18. The minimum atomic E-state index is -0.0527. The molecule has 2 heterocycles. The molecule has 0 spiro atoms. The van der Waals surface area contributed by atoms with E-state index in [9.17, 15) is 9.59 Å². The molecule has 2 aromatic heterocycles. The molecule has 0 fully saturated rings. The first-order chi connectivity index (χ1) is 11.5. The average molecular weight is 456 g/mol. The van der Waals surface area contributed by atoms with Gasteiger partial charge >= 0.3 is 0 Å².